The monoisotopic (exact) mass is 259 g/mol. The maximum Gasteiger partial charge on any atom is 0.148 e. The van der Waals surface area contributed by atoms with Gasteiger partial charge in [0.15, 0.2) is 0 Å². The van der Waals surface area contributed by atoms with E-state index in [0.717, 1.165) is 23.4 Å². The number of aliphatic hydroxyl groups is 1. The van der Waals surface area contributed by atoms with Crippen LogP contribution < -0.4 is 4.90 Å². The van der Waals surface area contributed by atoms with Crippen LogP contribution in [0, 0.1) is 0 Å². The molecule has 2 atom stereocenters. The molecule has 1 aromatic carbocycles. The predicted octanol–water partition coefficient (Wildman–Crippen LogP) is 1.22. The molecule has 0 bridgehead atoms. The van der Waals surface area contributed by atoms with Gasteiger partial charge in [-0.25, -0.2) is 4.98 Å². The molecule has 0 saturated carbocycles. The Bertz CT molecular complexity index is 575. The summed E-state index contributed by atoms with van der Waals surface area (Å²) in [5, 5.41) is 9.26. The summed E-state index contributed by atoms with van der Waals surface area (Å²) in [7, 11) is 0. The van der Waals surface area contributed by atoms with Crippen molar-refractivity contribution >= 4 is 16.9 Å². The number of anilines is 1. The smallest absolute Gasteiger partial charge is 0.148 e. The number of morpholine rings is 1. The zero-order chi connectivity index (χ0) is 13.2. The van der Waals surface area contributed by atoms with Crippen LogP contribution in [0.25, 0.3) is 11.0 Å². The fraction of sp³-hybridized carbons (Fsp3) is 0.429. The second kappa shape index (κ2) is 5.11. The van der Waals surface area contributed by atoms with E-state index in [0.29, 0.717) is 6.54 Å². The lowest BCUT2D eigenvalue weighted by molar-refractivity contribution is -0.0423. The van der Waals surface area contributed by atoms with Gasteiger partial charge in [0, 0.05) is 13.1 Å². The lowest BCUT2D eigenvalue weighted by atomic mass is 10.2. The van der Waals surface area contributed by atoms with Crippen molar-refractivity contribution in [3.63, 3.8) is 0 Å². The number of hydrogen-bond donors (Lipinski definition) is 1. The molecule has 19 heavy (non-hydrogen) atoms. The largest absolute Gasteiger partial charge is 0.394 e. The minimum Gasteiger partial charge on any atom is -0.394 e. The molecule has 0 aliphatic carbocycles. The number of rotatable bonds is 2. The standard InChI is InChI=1S/C14H17N3O2/c1-10-7-17(8-11(9-18)19-10)14-6-15-12-4-2-3-5-13(12)16-14/h2-6,10-11,18H,7-9H2,1H3/t10-,11-/m0/s1. The fourth-order valence-electron chi connectivity index (χ4n) is 2.43. The summed E-state index contributed by atoms with van der Waals surface area (Å²) in [5.74, 6) is 0.840. The molecule has 1 aliphatic heterocycles. The van der Waals surface area contributed by atoms with E-state index in [1.54, 1.807) is 6.20 Å². The third-order valence-electron chi connectivity index (χ3n) is 3.29. The Kier molecular flexibility index (Phi) is 3.31. The van der Waals surface area contributed by atoms with Crippen molar-refractivity contribution in [1.82, 2.24) is 9.97 Å². The third kappa shape index (κ3) is 2.52. The highest BCUT2D eigenvalue weighted by Gasteiger charge is 2.25. The maximum absolute atomic E-state index is 9.26. The van der Waals surface area contributed by atoms with E-state index in [4.69, 9.17) is 4.74 Å². The quantitative estimate of drug-likeness (QED) is 0.878. The lowest BCUT2D eigenvalue weighted by Gasteiger charge is -2.36. The average Bonchev–Trinajstić information content (AvgIpc) is 2.46. The fourth-order valence-corrected chi connectivity index (χ4v) is 2.43. The normalized spacial score (nSPS) is 23.8. The number of ether oxygens (including phenoxy) is 1. The van der Waals surface area contributed by atoms with Gasteiger partial charge in [0.2, 0.25) is 0 Å². The van der Waals surface area contributed by atoms with Gasteiger partial charge in [-0.1, -0.05) is 12.1 Å². The van der Waals surface area contributed by atoms with Crippen molar-refractivity contribution in [2.24, 2.45) is 0 Å². The van der Waals surface area contributed by atoms with Gasteiger partial charge in [-0.05, 0) is 19.1 Å². The molecular formula is C14H17N3O2. The van der Waals surface area contributed by atoms with Crippen LogP contribution in [0.4, 0.5) is 5.82 Å². The summed E-state index contributed by atoms with van der Waals surface area (Å²) in [6.45, 7) is 3.45. The molecule has 0 radical (unpaired) electrons. The first kappa shape index (κ1) is 12.3. The van der Waals surface area contributed by atoms with Crippen LogP contribution in [0.2, 0.25) is 0 Å². The molecule has 1 aliphatic rings. The number of hydrogen-bond acceptors (Lipinski definition) is 5. The number of aromatic nitrogens is 2. The van der Waals surface area contributed by atoms with E-state index >= 15 is 0 Å². The zero-order valence-corrected chi connectivity index (χ0v) is 10.9. The Balaban J connectivity index is 1.90. The number of para-hydroxylation sites is 2. The molecule has 100 valence electrons. The maximum atomic E-state index is 9.26. The van der Waals surface area contributed by atoms with E-state index in [1.165, 1.54) is 0 Å². The molecule has 2 aromatic rings. The van der Waals surface area contributed by atoms with Crippen LogP contribution in [-0.2, 0) is 4.74 Å². The first-order chi connectivity index (χ1) is 9.26. The van der Waals surface area contributed by atoms with Crippen LogP contribution in [0.15, 0.2) is 30.5 Å². The molecule has 0 amide bonds. The zero-order valence-electron chi connectivity index (χ0n) is 10.9. The third-order valence-corrected chi connectivity index (χ3v) is 3.29. The predicted molar refractivity (Wildman–Crippen MR) is 73.2 cm³/mol. The van der Waals surface area contributed by atoms with E-state index in [2.05, 4.69) is 14.9 Å². The van der Waals surface area contributed by atoms with Crippen molar-refractivity contribution in [1.29, 1.82) is 0 Å². The molecule has 5 heteroatoms. The van der Waals surface area contributed by atoms with Gasteiger partial charge >= 0.3 is 0 Å². The Morgan fingerprint density at radius 1 is 1.32 bits per heavy atom. The molecular weight excluding hydrogens is 242 g/mol. The van der Waals surface area contributed by atoms with E-state index in [9.17, 15) is 5.11 Å². The first-order valence-corrected chi connectivity index (χ1v) is 6.49. The summed E-state index contributed by atoms with van der Waals surface area (Å²) < 4.78 is 5.63. The molecule has 2 heterocycles. The number of benzene rings is 1. The van der Waals surface area contributed by atoms with Gasteiger partial charge in [0.1, 0.15) is 5.82 Å². The SMILES string of the molecule is C[C@H]1CN(c2cnc3ccccc3n2)C[C@@H](CO)O1. The van der Waals surface area contributed by atoms with Crippen LogP contribution in [0.5, 0.6) is 0 Å². The van der Waals surface area contributed by atoms with Gasteiger partial charge in [-0.15, -0.1) is 0 Å². The molecule has 1 saturated heterocycles. The average molecular weight is 259 g/mol. The summed E-state index contributed by atoms with van der Waals surface area (Å²) in [6.07, 6.45) is 1.71. The Labute approximate surface area is 111 Å². The van der Waals surface area contributed by atoms with Crippen molar-refractivity contribution in [2.45, 2.75) is 19.1 Å². The van der Waals surface area contributed by atoms with Gasteiger partial charge in [0.25, 0.3) is 0 Å². The number of fused-ring (bicyclic) bond motifs is 1. The van der Waals surface area contributed by atoms with Gasteiger partial charge < -0.3 is 14.7 Å². The Morgan fingerprint density at radius 3 is 2.89 bits per heavy atom. The molecule has 0 unspecified atom stereocenters. The molecule has 0 spiro atoms. The van der Waals surface area contributed by atoms with Gasteiger partial charge in [0.05, 0.1) is 36.0 Å². The Morgan fingerprint density at radius 2 is 2.11 bits per heavy atom. The van der Waals surface area contributed by atoms with E-state index in [1.807, 2.05) is 31.2 Å². The molecule has 1 fully saturated rings. The lowest BCUT2D eigenvalue weighted by Crippen LogP contribution is -2.48. The summed E-state index contributed by atoms with van der Waals surface area (Å²) in [6, 6.07) is 7.82. The van der Waals surface area contributed by atoms with E-state index in [-0.39, 0.29) is 18.8 Å². The summed E-state index contributed by atoms with van der Waals surface area (Å²) >= 11 is 0. The number of nitrogens with zero attached hydrogens (tertiary/aromatic N) is 3. The van der Waals surface area contributed by atoms with Crippen LogP contribution in [-0.4, -0.2) is 47.0 Å². The van der Waals surface area contributed by atoms with Crippen LogP contribution >= 0.6 is 0 Å². The second-order valence-electron chi connectivity index (χ2n) is 4.87. The highest BCUT2D eigenvalue weighted by molar-refractivity contribution is 5.75. The van der Waals surface area contributed by atoms with Gasteiger partial charge in [-0.3, -0.25) is 4.98 Å². The minimum absolute atomic E-state index is 0.0296. The topological polar surface area (TPSA) is 58.5 Å². The van der Waals surface area contributed by atoms with Gasteiger partial charge in [-0.2, -0.15) is 0 Å². The molecule has 3 rings (SSSR count). The Hall–Kier alpha value is -1.72. The van der Waals surface area contributed by atoms with E-state index < -0.39 is 0 Å². The summed E-state index contributed by atoms with van der Waals surface area (Å²) in [5.41, 5.74) is 1.78. The molecule has 1 aromatic heterocycles. The van der Waals surface area contributed by atoms with Crippen molar-refractivity contribution in [3.8, 4) is 0 Å². The molecule has 1 N–H and O–H groups in total. The second-order valence-corrected chi connectivity index (χ2v) is 4.87. The van der Waals surface area contributed by atoms with Crippen LogP contribution in [0.1, 0.15) is 6.92 Å². The first-order valence-electron chi connectivity index (χ1n) is 6.49. The molecule has 5 nitrogen and oxygen atoms in total. The minimum atomic E-state index is -0.156. The van der Waals surface area contributed by atoms with Crippen molar-refractivity contribution in [2.75, 3.05) is 24.6 Å². The van der Waals surface area contributed by atoms with Crippen molar-refractivity contribution < 1.29 is 9.84 Å². The number of aliphatic hydroxyl groups excluding tert-OH is 1. The highest BCUT2D eigenvalue weighted by atomic mass is 16.5. The van der Waals surface area contributed by atoms with Crippen LogP contribution in [0.3, 0.4) is 0 Å². The summed E-state index contributed by atoms with van der Waals surface area (Å²) in [4.78, 5) is 11.2. The highest BCUT2D eigenvalue weighted by Crippen LogP contribution is 2.19. The van der Waals surface area contributed by atoms with Crippen molar-refractivity contribution in [3.05, 3.63) is 30.5 Å².